The lowest BCUT2D eigenvalue weighted by atomic mass is 10.1. The van der Waals surface area contributed by atoms with Crippen molar-refractivity contribution in [1.29, 1.82) is 0 Å². The molecule has 9 heteroatoms. The highest BCUT2D eigenvalue weighted by molar-refractivity contribution is 5.93. The van der Waals surface area contributed by atoms with E-state index in [4.69, 9.17) is 9.47 Å². The molecule has 1 fully saturated rings. The number of aromatic amines is 1. The SMILES string of the molecule is COc1ccc(-c2cc(C(=O)NCC3CCCN3CC(F)F)[nH]n2)cc1OC. The minimum absolute atomic E-state index is 0.0637. The second-order valence-corrected chi connectivity index (χ2v) is 6.63. The van der Waals surface area contributed by atoms with Crippen LogP contribution >= 0.6 is 0 Å². The van der Waals surface area contributed by atoms with Gasteiger partial charge in [-0.15, -0.1) is 0 Å². The molecule has 2 N–H and O–H groups in total. The summed E-state index contributed by atoms with van der Waals surface area (Å²) in [6, 6.07) is 6.94. The fraction of sp³-hybridized carbons (Fsp3) is 0.474. The number of hydrogen-bond acceptors (Lipinski definition) is 5. The van der Waals surface area contributed by atoms with E-state index in [-0.39, 0.29) is 18.5 Å². The fourth-order valence-corrected chi connectivity index (χ4v) is 3.43. The molecular weight excluding hydrogens is 370 g/mol. The summed E-state index contributed by atoms with van der Waals surface area (Å²) in [7, 11) is 3.10. The molecule has 2 heterocycles. The van der Waals surface area contributed by atoms with Crippen molar-refractivity contribution in [2.45, 2.75) is 25.3 Å². The van der Waals surface area contributed by atoms with E-state index in [1.54, 1.807) is 37.3 Å². The Kier molecular flexibility index (Phi) is 6.45. The maximum atomic E-state index is 12.6. The van der Waals surface area contributed by atoms with Gasteiger partial charge in [0.2, 0.25) is 0 Å². The van der Waals surface area contributed by atoms with Crippen LogP contribution in [0.15, 0.2) is 24.3 Å². The number of ether oxygens (including phenoxy) is 2. The summed E-state index contributed by atoms with van der Waals surface area (Å²) in [5.74, 6) is 0.849. The number of rotatable bonds is 8. The van der Waals surface area contributed by atoms with Gasteiger partial charge in [-0.25, -0.2) is 8.78 Å². The number of alkyl halides is 2. The summed E-state index contributed by atoms with van der Waals surface area (Å²) in [6.07, 6.45) is -0.707. The number of amides is 1. The Hall–Kier alpha value is -2.68. The number of benzene rings is 1. The fourth-order valence-electron chi connectivity index (χ4n) is 3.43. The van der Waals surface area contributed by atoms with Crippen molar-refractivity contribution >= 4 is 5.91 Å². The zero-order valence-corrected chi connectivity index (χ0v) is 15.9. The molecule has 2 aromatic rings. The number of aromatic nitrogens is 2. The lowest BCUT2D eigenvalue weighted by Gasteiger charge is -2.23. The van der Waals surface area contributed by atoms with Gasteiger partial charge in [-0.3, -0.25) is 14.8 Å². The maximum absolute atomic E-state index is 12.6. The molecule has 0 bridgehead atoms. The molecular formula is C19H24F2N4O3. The predicted molar refractivity (Wildman–Crippen MR) is 100 cm³/mol. The van der Waals surface area contributed by atoms with Crippen LogP contribution in [0.3, 0.4) is 0 Å². The van der Waals surface area contributed by atoms with Gasteiger partial charge < -0.3 is 14.8 Å². The van der Waals surface area contributed by atoms with Crippen molar-refractivity contribution < 1.29 is 23.0 Å². The highest BCUT2D eigenvalue weighted by atomic mass is 19.3. The number of halogens is 2. The van der Waals surface area contributed by atoms with Crippen molar-refractivity contribution in [1.82, 2.24) is 20.4 Å². The molecule has 1 atom stereocenters. The average Bonchev–Trinajstić information content (AvgIpc) is 3.35. The highest BCUT2D eigenvalue weighted by Gasteiger charge is 2.27. The maximum Gasteiger partial charge on any atom is 0.269 e. The summed E-state index contributed by atoms with van der Waals surface area (Å²) in [6.45, 7) is 0.711. The molecule has 152 valence electrons. The van der Waals surface area contributed by atoms with Gasteiger partial charge >= 0.3 is 0 Å². The van der Waals surface area contributed by atoms with Gasteiger partial charge in [-0.2, -0.15) is 5.10 Å². The summed E-state index contributed by atoms with van der Waals surface area (Å²) >= 11 is 0. The van der Waals surface area contributed by atoms with Crippen LogP contribution in [0.2, 0.25) is 0 Å². The van der Waals surface area contributed by atoms with Gasteiger partial charge in [0.25, 0.3) is 12.3 Å². The van der Waals surface area contributed by atoms with E-state index in [1.807, 2.05) is 6.07 Å². The monoisotopic (exact) mass is 394 g/mol. The van der Waals surface area contributed by atoms with E-state index in [0.717, 1.165) is 18.4 Å². The number of likely N-dealkylation sites (tertiary alicyclic amines) is 1. The van der Waals surface area contributed by atoms with Crippen LogP contribution in [-0.4, -0.2) is 67.3 Å². The number of H-pyrrole nitrogens is 1. The van der Waals surface area contributed by atoms with Crippen molar-refractivity contribution in [2.75, 3.05) is 33.9 Å². The Morgan fingerprint density at radius 3 is 2.82 bits per heavy atom. The van der Waals surface area contributed by atoms with Crippen LogP contribution < -0.4 is 14.8 Å². The number of carbonyl (C=O) groups is 1. The normalized spacial score (nSPS) is 17.1. The molecule has 1 aromatic carbocycles. The van der Waals surface area contributed by atoms with E-state index >= 15 is 0 Å². The molecule has 1 saturated heterocycles. The summed E-state index contributed by atoms with van der Waals surface area (Å²) < 4.78 is 35.8. The van der Waals surface area contributed by atoms with E-state index < -0.39 is 6.43 Å². The summed E-state index contributed by atoms with van der Waals surface area (Å²) in [4.78, 5) is 14.1. The molecule has 0 aliphatic carbocycles. The molecule has 0 saturated carbocycles. The number of methoxy groups -OCH3 is 2. The lowest BCUT2D eigenvalue weighted by molar-refractivity contribution is 0.0791. The largest absolute Gasteiger partial charge is 0.493 e. The van der Waals surface area contributed by atoms with Crippen molar-refractivity contribution in [3.63, 3.8) is 0 Å². The number of nitrogens with zero attached hydrogens (tertiary/aromatic N) is 2. The van der Waals surface area contributed by atoms with Crippen LogP contribution in [0.4, 0.5) is 8.78 Å². The minimum Gasteiger partial charge on any atom is -0.493 e. The van der Waals surface area contributed by atoms with Crippen LogP contribution in [-0.2, 0) is 0 Å². The zero-order valence-electron chi connectivity index (χ0n) is 15.9. The Morgan fingerprint density at radius 2 is 2.11 bits per heavy atom. The molecule has 0 radical (unpaired) electrons. The summed E-state index contributed by atoms with van der Waals surface area (Å²) in [5, 5.41) is 9.71. The average molecular weight is 394 g/mol. The molecule has 0 spiro atoms. The molecule has 7 nitrogen and oxygen atoms in total. The van der Waals surface area contributed by atoms with Gasteiger partial charge in [0.1, 0.15) is 5.69 Å². The van der Waals surface area contributed by atoms with E-state index in [0.29, 0.717) is 36.0 Å². The molecule has 3 rings (SSSR count). The van der Waals surface area contributed by atoms with Crippen LogP contribution in [0.25, 0.3) is 11.3 Å². The second kappa shape index (κ2) is 9.01. The molecule has 1 aliphatic heterocycles. The Bertz CT molecular complexity index is 812. The minimum atomic E-state index is -2.37. The third-order valence-corrected chi connectivity index (χ3v) is 4.87. The molecule has 1 amide bonds. The molecule has 1 aromatic heterocycles. The van der Waals surface area contributed by atoms with Crippen LogP contribution in [0.5, 0.6) is 11.5 Å². The Morgan fingerprint density at radius 1 is 1.32 bits per heavy atom. The first-order chi connectivity index (χ1) is 13.5. The van der Waals surface area contributed by atoms with Crippen LogP contribution in [0, 0.1) is 0 Å². The van der Waals surface area contributed by atoms with E-state index in [9.17, 15) is 13.6 Å². The van der Waals surface area contributed by atoms with Gasteiger partial charge in [0.15, 0.2) is 11.5 Å². The molecule has 28 heavy (non-hydrogen) atoms. The molecule has 1 unspecified atom stereocenters. The quantitative estimate of drug-likeness (QED) is 0.719. The lowest BCUT2D eigenvalue weighted by Crippen LogP contribution is -2.42. The van der Waals surface area contributed by atoms with E-state index in [2.05, 4.69) is 15.5 Å². The summed E-state index contributed by atoms with van der Waals surface area (Å²) in [5.41, 5.74) is 1.67. The first-order valence-electron chi connectivity index (χ1n) is 9.10. The Labute approximate surface area is 162 Å². The first kappa shape index (κ1) is 20.1. The Balaban J connectivity index is 1.63. The van der Waals surface area contributed by atoms with Gasteiger partial charge in [0.05, 0.1) is 26.5 Å². The first-order valence-corrected chi connectivity index (χ1v) is 9.10. The second-order valence-electron chi connectivity index (χ2n) is 6.63. The topological polar surface area (TPSA) is 79.5 Å². The van der Waals surface area contributed by atoms with E-state index in [1.165, 1.54) is 0 Å². The van der Waals surface area contributed by atoms with Gasteiger partial charge in [0, 0.05) is 18.2 Å². The van der Waals surface area contributed by atoms with Crippen molar-refractivity contribution in [3.8, 4) is 22.8 Å². The third kappa shape index (κ3) is 4.59. The standard InChI is InChI=1S/C19H24F2N4O3/c1-27-16-6-5-12(8-17(16)28-2)14-9-15(24-23-14)19(26)22-10-13-4-3-7-25(13)11-18(20)21/h5-6,8-9,13,18H,3-4,7,10-11H2,1-2H3,(H,22,26)(H,23,24). The van der Waals surface area contributed by atoms with Crippen molar-refractivity contribution in [3.05, 3.63) is 30.0 Å². The smallest absolute Gasteiger partial charge is 0.269 e. The molecule has 1 aliphatic rings. The highest BCUT2D eigenvalue weighted by Crippen LogP contribution is 2.31. The van der Waals surface area contributed by atoms with Gasteiger partial charge in [-0.05, 0) is 43.7 Å². The number of carbonyl (C=O) groups excluding carboxylic acids is 1. The number of nitrogens with one attached hydrogen (secondary N) is 2. The third-order valence-electron chi connectivity index (χ3n) is 4.87. The van der Waals surface area contributed by atoms with Crippen molar-refractivity contribution in [2.24, 2.45) is 0 Å². The predicted octanol–water partition coefficient (Wildman–Crippen LogP) is 2.55. The zero-order chi connectivity index (χ0) is 20.1. The number of hydrogen-bond donors (Lipinski definition) is 2. The van der Waals surface area contributed by atoms with Crippen LogP contribution in [0.1, 0.15) is 23.3 Å². The van der Waals surface area contributed by atoms with Gasteiger partial charge in [-0.1, -0.05) is 0 Å².